The second-order valence-electron chi connectivity index (χ2n) is 5.67. The number of nitrogens with zero attached hydrogens (tertiary/aromatic N) is 1. The van der Waals surface area contributed by atoms with Crippen LogP contribution < -0.4 is 0 Å². The Morgan fingerprint density at radius 3 is 2.39 bits per heavy atom. The molecule has 2 heterocycles. The molecule has 0 spiro atoms. The van der Waals surface area contributed by atoms with Crippen molar-refractivity contribution in [1.82, 2.24) is 4.90 Å². The highest BCUT2D eigenvalue weighted by Gasteiger charge is 2.47. The van der Waals surface area contributed by atoms with Gasteiger partial charge in [-0.25, -0.2) is 0 Å². The molecule has 0 radical (unpaired) electrons. The topological polar surface area (TPSA) is 20.3 Å². The number of hydrogen-bond donors (Lipinski definition) is 0. The van der Waals surface area contributed by atoms with Crippen LogP contribution in [0.15, 0.2) is 12.1 Å². The van der Waals surface area contributed by atoms with Gasteiger partial charge in [0.15, 0.2) is 5.78 Å². The van der Waals surface area contributed by atoms with Gasteiger partial charge in [-0.05, 0) is 57.8 Å². The maximum atomic E-state index is 12.9. The molecule has 1 saturated carbocycles. The van der Waals surface area contributed by atoms with Gasteiger partial charge in [0.25, 0.3) is 0 Å². The molecule has 1 aromatic heterocycles. The summed E-state index contributed by atoms with van der Waals surface area (Å²) in [7, 11) is 0. The van der Waals surface area contributed by atoms with Crippen LogP contribution in [-0.2, 0) is 0 Å². The minimum Gasteiger partial charge on any atom is -0.291 e. The molecule has 3 rings (SSSR count). The molecule has 0 bridgehead atoms. The zero-order valence-electron chi connectivity index (χ0n) is 11.1. The van der Waals surface area contributed by atoms with Crippen LogP contribution in [0.5, 0.6) is 0 Å². The number of likely N-dealkylation sites (tertiary alicyclic amines) is 1. The van der Waals surface area contributed by atoms with Crippen LogP contribution in [0.3, 0.4) is 0 Å². The molecule has 2 aliphatic rings. The quantitative estimate of drug-likeness (QED) is 0.776. The third-order valence-corrected chi connectivity index (χ3v) is 5.53. The van der Waals surface area contributed by atoms with Crippen LogP contribution in [0, 0.1) is 6.92 Å². The van der Waals surface area contributed by atoms with E-state index in [4.69, 9.17) is 0 Å². The standard InChI is InChI=1S/C15H21NOS/c1-12-6-7-13(18-12)14(17)15(8-2-3-9-15)16-10-4-5-11-16/h6-7H,2-5,8-11H2,1H3. The Balaban J connectivity index is 1.91. The molecular weight excluding hydrogens is 242 g/mol. The first-order valence-corrected chi connectivity index (χ1v) is 7.90. The van der Waals surface area contributed by atoms with Gasteiger partial charge in [0.1, 0.15) is 0 Å². The summed E-state index contributed by atoms with van der Waals surface area (Å²) in [5, 5.41) is 0. The highest BCUT2D eigenvalue weighted by atomic mass is 32.1. The summed E-state index contributed by atoms with van der Waals surface area (Å²) in [6.07, 6.45) is 7.10. The van der Waals surface area contributed by atoms with E-state index in [2.05, 4.69) is 17.9 Å². The Bertz CT molecular complexity index is 439. The predicted octanol–water partition coefficient (Wildman–Crippen LogP) is 3.65. The molecule has 1 aliphatic heterocycles. The molecule has 3 heteroatoms. The van der Waals surface area contributed by atoms with Gasteiger partial charge < -0.3 is 0 Å². The lowest BCUT2D eigenvalue weighted by Crippen LogP contribution is -2.51. The summed E-state index contributed by atoms with van der Waals surface area (Å²) < 4.78 is 0. The summed E-state index contributed by atoms with van der Waals surface area (Å²) in [6, 6.07) is 4.10. The smallest absolute Gasteiger partial charge is 0.192 e. The first-order chi connectivity index (χ1) is 8.72. The van der Waals surface area contributed by atoms with Gasteiger partial charge >= 0.3 is 0 Å². The third kappa shape index (κ3) is 1.94. The van der Waals surface area contributed by atoms with Crippen molar-refractivity contribution in [2.24, 2.45) is 0 Å². The minimum absolute atomic E-state index is 0.145. The highest BCUT2D eigenvalue weighted by Crippen LogP contribution is 2.40. The number of hydrogen-bond acceptors (Lipinski definition) is 3. The molecule has 18 heavy (non-hydrogen) atoms. The lowest BCUT2D eigenvalue weighted by molar-refractivity contribution is 0.0631. The van der Waals surface area contributed by atoms with Crippen LogP contribution in [0.1, 0.15) is 53.1 Å². The lowest BCUT2D eigenvalue weighted by atomic mass is 9.89. The molecule has 0 aromatic carbocycles. The third-order valence-electron chi connectivity index (χ3n) is 4.53. The zero-order chi connectivity index (χ0) is 12.6. The van der Waals surface area contributed by atoms with E-state index < -0.39 is 0 Å². The van der Waals surface area contributed by atoms with Gasteiger partial charge in [0, 0.05) is 4.88 Å². The number of Topliss-reactive ketones (excluding diaryl/α,β-unsaturated/α-hetero) is 1. The van der Waals surface area contributed by atoms with Crippen LogP contribution in [0.4, 0.5) is 0 Å². The first kappa shape index (κ1) is 12.4. The molecule has 1 saturated heterocycles. The van der Waals surface area contributed by atoms with Crippen LogP contribution >= 0.6 is 11.3 Å². The first-order valence-electron chi connectivity index (χ1n) is 7.09. The maximum absolute atomic E-state index is 12.9. The number of ketones is 1. The van der Waals surface area contributed by atoms with Crippen molar-refractivity contribution in [3.05, 3.63) is 21.9 Å². The van der Waals surface area contributed by atoms with Gasteiger partial charge in [-0.3, -0.25) is 9.69 Å². The van der Waals surface area contributed by atoms with E-state index in [0.29, 0.717) is 5.78 Å². The summed E-state index contributed by atoms with van der Waals surface area (Å²) in [4.78, 5) is 17.6. The van der Waals surface area contributed by atoms with Crippen molar-refractivity contribution in [2.45, 2.75) is 51.0 Å². The molecule has 1 aliphatic carbocycles. The van der Waals surface area contributed by atoms with Crippen LogP contribution in [0.2, 0.25) is 0 Å². The second kappa shape index (κ2) is 4.78. The molecule has 2 fully saturated rings. The molecule has 98 valence electrons. The summed E-state index contributed by atoms with van der Waals surface area (Å²) >= 11 is 1.66. The summed E-state index contributed by atoms with van der Waals surface area (Å²) in [5.74, 6) is 0.403. The van der Waals surface area contributed by atoms with Crippen molar-refractivity contribution in [1.29, 1.82) is 0 Å². The molecule has 1 aromatic rings. The molecule has 0 atom stereocenters. The van der Waals surface area contributed by atoms with Gasteiger partial charge in [-0.15, -0.1) is 11.3 Å². The zero-order valence-corrected chi connectivity index (χ0v) is 11.9. The van der Waals surface area contributed by atoms with Crippen LogP contribution in [-0.4, -0.2) is 29.3 Å². The van der Waals surface area contributed by atoms with Crippen molar-refractivity contribution in [3.8, 4) is 0 Å². The van der Waals surface area contributed by atoms with E-state index in [0.717, 1.165) is 30.8 Å². The highest BCUT2D eigenvalue weighted by molar-refractivity contribution is 7.14. The predicted molar refractivity (Wildman–Crippen MR) is 75.4 cm³/mol. The maximum Gasteiger partial charge on any atom is 0.192 e. The Hall–Kier alpha value is -0.670. The fourth-order valence-corrected chi connectivity index (χ4v) is 4.48. The van der Waals surface area contributed by atoms with E-state index >= 15 is 0 Å². The number of aryl methyl sites for hydroxylation is 1. The van der Waals surface area contributed by atoms with Gasteiger partial charge in [0.2, 0.25) is 0 Å². The molecular formula is C15H21NOS. The molecule has 0 unspecified atom stereocenters. The number of rotatable bonds is 3. The Morgan fingerprint density at radius 1 is 1.17 bits per heavy atom. The van der Waals surface area contributed by atoms with Crippen LogP contribution in [0.25, 0.3) is 0 Å². The van der Waals surface area contributed by atoms with Crippen molar-refractivity contribution < 1.29 is 4.79 Å². The Labute approximate surface area is 113 Å². The average Bonchev–Trinajstić information content (AvgIpc) is 3.09. The molecule has 2 nitrogen and oxygen atoms in total. The van der Waals surface area contributed by atoms with Crippen molar-refractivity contribution in [2.75, 3.05) is 13.1 Å². The molecule has 0 N–H and O–H groups in total. The summed E-state index contributed by atoms with van der Waals surface area (Å²) in [5.41, 5.74) is -0.145. The fourth-order valence-electron chi connectivity index (χ4n) is 3.58. The van der Waals surface area contributed by atoms with Gasteiger partial charge in [-0.1, -0.05) is 12.8 Å². The monoisotopic (exact) mass is 263 g/mol. The normalized spacial score (nSPS) is 23.6. The van der Waals surface area contributed by atoms with Crippen molar-refractivity contribution >= 4 is 17.1 Å². The minimum atomic E-state index is -0.145. The van der Waals surface area contributed by atoms with E-state index in [9.17, 15) is 4.79 Å². The lowest BCUT2D eigenvalue weighted by Gasteiger charge is -2.37. The van der Waals surface area contributed by atoms with E-state index in [1.165, 1.54) is 30.6 Å². The SMILES string of the molecule is Cc1ccc(C(=O)C2(N3CCCC3)CCCC2)s1. The van der Waals surface area contributed by atoms with Gasteiger partial charge in [-0.2, -0.15) is 0 Å². The fraction of sp³-hybridized carbons (Fsp3) is 0.667. The van der Waals surface area contributed by atoms with Crippen molar-refractivity contribution in [3.63, 3.8) is 0 Å². The van der Waals surface area contributed by atoms with E-state index in [1.54, 1.807) is 11.3 Å². The number of carbonyl (C=O) groups excluding carboxylic acids is 1. The Kier molecular flexibility index (Phi) is 3.29. The van der Waals surface area contributed by atoms with Gasteiger partial charge in [0.05, 0.1) is 10.4 Å². The number of carbonyl (C=O) groups is 1. The second-order valence-corrected chi connectivity index (χ2v) is 6.96. The largest absolute Gasteiger partial charge is 0.291 e. The van der Waals surface area contributed by atoms with E-state index in [1.807, 2.05) is 6.07 Å². The average molecular weight is 263 g/mol. The number of thiophene rings is 1. The van der Waals surface area contributed by atoms with E-state index in [-0.39, 0.29) is 5.54 Å². The molecule has 0 amide bonds. The Morgan fingerprint density at radius 2 is 1.83 bits per heavy atom. The summed E-state index contributed by atoms with van der Waals surface area (Å²) in [6.45, 7) is 4.32.